The highest BCUT2D eigenvalue weighted by molar-refractivity contribution is 5.87. The monoisotopic (exact) mass is 169 g/mol. The third-order valence-electron chi connectivity index (χ3n) is 2.75. The molecule has 0 unspecified atom stereocenters. The molecule has 0 saturated heterocycles. The minimum Gasteiger partial charge on any atom is -0.411 e. The summed E-state index contributed by atoms with van der Waals surface area (Å²) in [4.78, 5) is 0. The zero-order valence-electron chi connectivity index (χ0n) is 8.30. The second kappa shape index (κ2) is 3.46. The smallest absolute Gasteiger partial charge is 0.0606 e. The molecule has 0 heterocycles. The van der Waals surface area contributed by atoms with E-state index in [-0.39, 0.29) is 5.41 Å². The Morgan fingerprint density at radius 1 is 1.33 bits per heavy atom. The van der Waals surface area contributed by atoms with Crippen LogP contribution in [-0.2, 0) is 0 Å². The third kappa shape index (κ3) is 1.99. The van der Waals surface area contributed by atoms with Gasteiger partial charge in [-0.2, -0.15) is 0 Å². The van der Waals surface area contributed by atoms with E-state index >= 15 is 0 Å². The Balaban J connectivity index is 2.73. The van der Waals surface area contributed by atoms with Gasteiger partial charge in [0.25, 0.3) is 0 Å². The fourth-order valence-electron chi connectivity index (χ4n) is 2.05. The molecule has 1 atom stereocenters. The Morgan fingerprint density at radius 2 is 2.00 bits per heavy atom. The van der Waals surface area contributed by atoms with Crippen LogP contribution >= 0.6 is 0 Å². The maximum atomic E-state index is 8.81. The van der Waals surface area contributed by atoms with Crippen molar-refractivity contribution in [1.29, 1.82) is 0 Å². The fourth-order valence-corrected chi connectivity index (χ4v) is 2.05. The highest BCUT2D eigenvalue weighted by Gasteiger charge is 2.31. The van der Waals surface area contributed by atoms with Crippen LogP contribution in [0.1, 0.15) is 46.5 Å². The summed E-state index contributed by atoms with van der Waals surface area (Å²) < 4.78 is 0. The highest BCUT2D eigenvalue weighted by atomic mass is 16.4. The molecule has 1 rings (SSSR count). The quantitative estimate of drug-likeness (QED) is 0.438. The molecule has 70 valence electrons. The van der Waals surface area contributed by atoms with E-state index in [1.165, 1.54) is 19.3 Å². The van der Waals surface area contributed by atoms with Crippen molar-refractivity contribution < 1.29 is 5.21 Å². The van der Waals surface area contributed by atoms with Crippen molar-refractivity contribution in [2.75, 3.05) is 0 Å². The molecule has 1 fully saturated rings. The molecule has 0 aromatic heterocycles. The lowest BCUT2D eigenvalue weighted by Gasteiger charge is -2.34. The normalized spacial score (nSPS) is 29.2. The summed E-state index contributed by atoms with van der Waals surface area (Å²) in [6, 6.07) is 0. The molecule has 0 bridgehead atoms. The van der Waals surface area contributed by atoms with Gasteiger partial charge in [-0.15, -0.1) is 0 Å². The maximum absolute atomic E-state index is 8.81. The van der Waals surface area contributed by atoms with E-state index in [4.69, 9.17) is 5.21 Å². The highest BCUT2D eigenvalue weighted by Crippen LogP contribution is 2.35. The molecular formula is C10H19NO. The summed E-state index contributed by atoms with van der Waals surface area (Å²) in [5, 5.41) is 12.2. The predicted molar refractivity (Wildman–Crippen MR) is 50.6 cm³/mol. The second-order valence-corrected chi connectivity index (χ2v) is 4.76. The van der Waals surface area contributed by atoms with Gasteiger partial charge in [0, 0.05) is 5.92 Å². The van der Waals surface area contributed by atoms with Crippen LogP contribution in [0.4, 0.5) is 0 Å². The van der Waals surface area contributed by atoms with Crippen LogP contribution in [0.15, 0.2) is 5.16 Å². The van der Waals surface area contributed by atoms with Gasteiger partial charge in [-0.05, 0) is 24.7 Å². The molecule has 1 saturated carbocycles. The van der Waals surface area contributed by atoms with Crippen LogP contribution in [0.3, 0.4) is 0 Å². The average molecular weight is 169 g/mol. The van der Waals surface area contributed by atoms with Crippen molar-refractivity contribution in [3.8, 4) is 0 Å². The Morgan fingerprint density at radius 3 is 2.42 bits per heavy atom. The summed E-state index contributed by atoms with van der Waals surface area (Å²) in [5.41, 5.74) is 1.26. The molecule has 12 heavy (non-hydrogen) atoms. The van der Waals surface area contributed by atoms with Gasteiger partial charge in [-0.25, -0.2) is 0 Å². The van der Waals surface area contributed by atoms with Gasteiger partial charge in [0.15, 0.2) is 0 Å². The fraction of sp³-hybridized carbons (Fsp3) is 0.900. The Labute approximate surface area is 74.7 Å². The third-order valence-corrected chi connectivity index (χ3v) is 2.75. The molecule has 0 aliphatic heterocycles. The van der Waals surface area contributed by atoms with Crippen LogP contribution in [-0.4, -0.2) is 10.9 Å². The first-order chi connectivity index (χ1) is 5.55. The summed E-state index contributed by atoms with van der Waals surface area (Å²) in [7, 11) is 0. The molecule has 0 radical (unpaired) electrons. The molecule has 1 aliphatic rings. The molecule has 0 amide bonds. The zero-order chi connectivity index (χ0) is 9.19. The number of nitrogens with zero attached hydrogens (tertiary/aromatic N) is 1. The first-order valence-electron chi connectivity index (χ1n) is 4.76. The SMILES string of the molecule is CC(C)(C)[C@@H]1CCCC/C1=N\O. The Hall–Kier alpha value is -0.530. The van der Waals surface area contributed by atoms with Crippen molar-refractivity contribution >= 4 is 5.71 Å². The molecule has 2 nitrogen and oxygen atoms in total. The van der Waals surface area contributed by atoms with E-state index in [1.54, 1.807) is 0 Å². The van der Waals surface area contributed by atoms with Crippen molar-refractivity contribution in [1.82, 2.24) is 0 Å². The zero-order valence-corrected chi connectivity index (χ0v) is 8.30. The summed E-state index contributed by atoms with van der Waals surface area (Å²) in [6.45, 7) is 6.65. The predicted octanol–water partition coefficient (Wildman–Crippen LogP) is 3.05. The summed E-state index contributed by atoms with van der Waals surface area (Å²) in [6.07, 6.45) is 4.63. The first kappa shape index (κ1) is 9.56. The van der Waals surface area contributed by atoms with E-state index in [2.05, 4.69) is 25.9 Å². The van der Waals surface area contributed by atoms with Gasteiger partial charge in [0.2, 0.25) is 0 Å². The van der Waals surface area contributed by atoms with Gasteiger partial charge in [0.1, 0.15) is 0 Å². The van der Waals surface area contributed by atoms with Gasteiger partial charge < -0.3 is 5.21 Å². The molecular weight excluding hydrogens is 150 g/mol. The lowest BCUT2D eigenvalue weighted by atomic mass is 9.71. The number of hydrogen-bond acceptors (Lipinski definition) is 2. The van der Waals surface area contributed by atoms with Crippen LogP contribution in [0.5, 0.6) is 0 Å². The van der Waals surface area contributed by atoms with Crippen LogP contribution < -0.4 is 0 Å². The van der Waals surface area contributed by atoms with Crippen LogP contribution in [0, 0.1) is 11.3 Å². The minimum absolute atomic E-state index is 0.252. The second-order valence-electron chi connectivity index (χ2n) is 4.76. The van der Waals surface area contributed by atoms with E-state index < -0.39 is 0 Å². The van der Waals surface area contributed by atoms with Gasteiger partial charge in [0.05, 0.1) is 5.71 Å². The average Bonchev–Trinajstić information content (AvgIpc) is 2.03. The van der Waals surface area contributed by atoms with Gasteiger partial charge in [-0.3, -0.25) is 0 Å². The van der Waals surface area contributed by atoms with E-state index in [9.17, 15) is 0 Å². The molecule has 1 N–H and O–H groups in total. The molecule has 0 aromatic rings. The molecule has 1 aliphatic carbocycles. The number of rotatable bonds is 0. The largest absolute Gasteiger partial charge is 0.411 e. The van der Waals surface area contributed by atoms with Crippen molar-refractivity contribution in [3.63, 3.8) is 0 Å². The van der Waals surface area contributed by atoms with Crippen LogP contribution in [0.2, 0.25) is 0 Å². The summed E-state index contributed by atoms with van der Waals surface area (Å²) in [5.74, 6) is 0.483. The Kier molecular flexibility index (Phi) is 2.76. The number of hydrogen-bond donors (Lipinski definition) is 1. The van der Waals surface area contributed by atoms with Crippen LogP contribution in [0.25, 0.3) is 0 Å². The maximum Gasteiger partial charge on any atom is 0.0606 e. The minimum atomic E-state index is 0.252. The first-order valence-corrected chi connectivity index (χ1v) is 4.76. The van der Waals surface area contributed by atoms with E-state index in [1.807, 2.05) is 0 Å². The lowest BCUT2D eigenvalue weighted by molar-refractivity contribution is 0.254. The summed E-state index contributed by atoms with van der Waals surface area (Å²) >= 11 is 0. The lowest BCUT2D eigenvalue weighted by Crippen LogP contribution is -2.31. The van der Waals surface area contributed by atoms with Crippen molar-refractivity contribution in [2.24, 2.45) is 16.5 Å². The van der Waals surface area contributed by atoms with E-state index in [0.717, 1.165) is 12.1 Å². The Bertz CT molecular complexity index is 179. The number of oxime groups is 1. The molecule has 0 spiro atoms. The molecule has 2 heteroatoms. The van der Waals surface area contributed by atoms with Crippen molar-refractivity contribution in [3.05, 3.63) is 0 Å². The van der Waals surface area contributed by atoms with Gasteiger partial charge in [-0.1, -0.05) is 32.3 Å². The van der Waals surface area contributed by atoms with Crippen molar-refractivity contribution in [2.45, 2.75) is 46.5 Å². The topological polar surface area (TPSA) is 32.6 Å². The van der Waals surface area contributed by atoms with E-state index in [0.29, 0.717) is 5.92 Å². The molecule has 0 aromatic carbocycles. The standard InChI is InChI=1S/C10H19NO/c1-10(2,3)8-6-4-5-7-9(8)11-12/h8,12H,4-7H2,1-3H3/b11-9+/t8-/m1/s1. The van der Waals surface area contributed by atoms with Gasteiger partial charge >= 0.3 is 0 Å².